The van der Waals surface area contributed by atoms with Crippen LogP contribution in [-0.2, 0) is 11.3 Å². The Bertz CT molecular complexity index is 734. The van der Waals surface area contributed by atoms with Gasteiger partial charge < -0.3 is 15.4 Å². The van der Waals surface area contributed by atoms with Gasteiger partial charge in [0, 0.05) is 45.1 Å². The molecule has 0 unspecified atom stereocenters. The second kappa shape index (κ2) is 10.3. The normalized spacial score (nSPS) is 16.3. The van der Waals surface area contributed by atoms with Crippen LogP contribution < -0.4 is 10.6 Å². The number of ether oxygens (including phenoxy) is 1. The SMILES string of the molecule is CCOCCC1(CNC(=NC)NCc2cnn(-c3ccccc3)c2)CCCC1. The first-order chi connectivity index (χ1) is 13.7. The van der Waals surface area contributed by atoms with Crippen LogP contribution in [0.3, 0.4) is 0 Å². The molecule has 0 bridgehead atoms. The van der Waals surface area contributed by atoms with Crippen LogP contribution in [-0.4, -0.2) is 42.5 Å². The zero-order valence-electron chi connectivity index (χ0n) is 17.2. The molecule has 0 spiro atoms. The summed E-state index contributed by atoms with van der Waals surface area (Å²) in [5.74, 6) is 0.843. The van der Waals surface area contributed by atoms with Crippen LogP contribution in [0.4, 0.5) is 0 Å². The number of nitrogens with one attached hydrogen (secondary N) is 2. The molecule has 152 valence electrons. The third-order valence-corrected chi connectivity index (χ3v) is 5.62. The van der Waals surface area contributed by atoms with Crippen LogP contribution in [0.2, 0.25) is 0 Å². The Balaban J connectivity index is 1.50. The topological polar surface area (TPSA) is 63.5 Å². The molecule has 1 heterocycles. The number of para-hydroxylation sites is 1. The van der Waals surface area contributed by atoms with Crippen molar-refractivity contribution in [1.82, 2.24) is 20.4 Å². The summed E-state index contributed by atoms with van der Waals surface area (Å²) in [4.78, 5) is 4.39. The molecular weight excluding hydrogens is 350 g/mol. The average Bonchev–Trinajstić information content (AvgIpc) is 3.39. The third kappa shape index (κ3) is 5.58. The Morgan fingerprint density at radius 1 is 1.21 bits per heavy atom. The van der Waals surface area contributed by atoms with Gasteiger partial charge in [0.1, 0.15) is 0 Å². The molecule has 2 aromatic rings. The molecule has 2 N–H and O–H groups in total. The van der Waals surface area contributed by atoms with E-state index in [2.05, 4.69) is 33.8 Å². The van der Waals surface area contributed by atoms with Crippen molar-refractivity contribution in [3.8, 4) is 5.69 Å². The van der Waals surface area contributed by atoms with Crippen molar-refractivity contribution in [2.45, 2.75) is 45.6 Å². The fourth-order valence-corrected chi connectivity index (χ4v) is 3.92. The minimum Gasteiger partial charge on any atom is -0.382 e. The highest BCUT2D eigenvalue weighted by Gasteiger charge is 2.33. The molecule has 0 saturated heterocycles. The van der Waals surface area contributed by atoms with E-state index in [1.54, 1.807) is 0 Å². The van der Waals surface area contributed by atoms with Crippen molar-refractivity contribution in [1.29, 1.82) is 0 Å². The largest absolute Gasteiger partial charge is 0.382 e. The fourth-order valence-electron chi connectivity index (χ4n) is 3.92. The van der Waals surface area contributed by atoms with E-state index in [-0.39, 0.29) is 0 Å². The predicted molar refractivity (Wildman–Crippen MR) is 114 cm³/mol. The molecular formula is C22H33N5O. The number of nitrogens with zero attached hydrogens (tertiary/aromatic N) is 3. The monoisotopic (exact) mass is 383 g/mol. The van der Waals surface area contributed by atoms with E-state index < -0.39 is 0 Å². The van der Waals surface area contributed by atoms with Gasteiger partial charge >= 0.3 is 0 Å². The smallest absolute Gasteiger partial charge is 0.191 e. The Kier molecular flexibility index (Phi) is 7.48. The van der Waals surface area contributed by atoms with Crippen LogP contribution in [0.25, 0.3) is 5.69 Å². The van der Waals surface area contributed by atoms with E-state index in [1.807, 2.05) is 48.3 Å². The maximum atomic E-state index is 5.61. The van der Waals surface area contributed by atoms with Gasteiger partial charge in [-0.15, -0.1) is 0 Å². The maximum absolute atomic E-state index is 5.61. The number of hydrogen-bond donors (Lipinski definition) is 2. The van der Waals surface area contributed by atoms with Crippen molar-refractivity contribution < 1.29 is 4.74 Å². The fraction of sp³-hybridized carbons (Fsp3) is 0.545. The van der Waals surface area contributed by atoms with E-state index in [0.29, 0.717) is 12.0 Å². The van der Waals surface area contributed by atoms with Crippen LogP contribution >= 0.6 is 0 Å². The van der Waals surface area contributed by atoms with Gasteiger partial charge in [-0.1, -0.05) is 31.0 Å². The molecule has 1 aliphatic rings. The van der Waals surface area contributed by atoms with E-state index in [9.17, 15) is 0 Å². The van der Waals surface area contributed by atoms with Crippen molar-refractivity contribution in [3.63, 3.8) is 0 Å². The zero-order valence-corrected chi connectivity index (χ0v) is 17.2. The van der Waals surface area contributed by atoms with Crippen LogP contribution in [0.1, 0.15) is 44.6 Å². The van der Waals surface area contributed by atoms with Crippen LogP contribution in [0.15, 0.2) is 47.7 Å². The average molecular weight is 384 g/mol. The maximum Gasteiger partial charge on any atom is 0.191 e. The predicted octanol–water partition coefficient (Wildman–Crippen LogP) is 3.52. The van der Waals surface area contributed by atoms with Gasteiger partial charge in [0.15, 0.2) is 5.96 Å². The molecule has 0 atom stereocenters. The van der Waals surface area contributed by atoms with E-state index in [0.717, 1.165) is 43.4 Å². The quantitative estimate of drug-likeness (QED) is 0.395. The molecule has 0 amide bonds. The second-order valence-electron chi connectivity index (χ2n) is 7.56. The standard InChI is InChI=1S/C22H33N5O/c1-3-28-14-13-22(11-7-8-12-22)18-25-21(23-2)24-15-19-16-26-27(17-19)20-9-5-4-6-10-20/h4-6,9-10,16-17H,3,7-8,11-15,18H2,1-2H3,(H2,23,24,25). The van der Waals surface area contributed by atoms with Gasteiger partial charge in [-0.25, -0.2) is 4.68 Å². The Hall–Kier alpha value is -2.34. The van der Waals surface area contributed by atoms with E-state index in [4.69, 9.17) is 4.74 Å². The number of benzene rings is 1. The summed E-state index contributed by atoms with van der Waals surface area (Å²) in [6.45, 7) is 5.35. The highest BCUT2D eigenvalue weighted by atomic mass is 16.5. The van der Waals surface area contributed by atoms with E-state index >= 15 is 0 Å². The lowest BCUT2D eigenvalue weighted by atomic mass is 9.83. The molecule has 1 fully saturated rings. The Morgan fingerprint density at radius 3 is 2.71 bits per heavy atom. The highest BCUT2D eigenvalue weighted by Crippen LogP contribution is 2.40. The summed E-state index contributed by atoms with van der Waals surface area (Å²) in [5, 5.41) is 11.4. The molecule has 1 aromatic carbocycles. The van der Waals surface area contributed by atoms with Gasteiger partial charge in [-0.05, 0) is 43.7 Å². The molecule has 1 saturated carbocycles. The number of guanidine groups is 1. The summed E-state index contributed by atoms with van der Waals surface area (Å²) in [6, 6.07) is 10.1. The van der Waals surface area contributed by atoms with Crippen molar-refractivity contribution in [3.05, 3.63) is 48.3 Å². The lowest BCUT2D eigenvalue weighted by Crippen LogP contribution is -2.43. The number of rotatable bonds is 9. The summed E-state index contributed by atoms with van der Waals surface area (Å²) < 4.78 is 7.51. The first kappa shape index (κ1) is 20.4. The third-order valence-electron chi connectivity index (χ3n) is 5.62. The van der Waals surface area contributed by atoms with Gasteiger partial charge in [0.05, 0.1) is 11.9 Å². The van der Waals surface area contributed by atoms with Gasteiger partial charge in [-0.2, -0.15) is 5.10 Å². The summed E-state index contributed by atoms with van der Waals surface area (Å²) in [7, 11) is 1.82. The highest BCUT2D eigenvalue weighted by molar-refractivity contribution is 5.79. The first-order valence-corrected chi connectivity index (χ1v) is 10.4. The molecule has 6 nitrogen and oxygen atoms in total. The van der Waals surface area contributed by atoms with Crippen molar-refractivity contribution in [2.24, 2.45) is 10.4 Å². The van der Waals surface area contributed by atoms with Gasteiger partial charge in [0.2, 0.25) is 0 Å². The summed E-state index contributed by atoms with van der Waals surface area (Å²) >= 11 is 0. The van der Waals surface area contributed by atoms with Gasteiger partial charge in [0.25, 0.3) is 0 Å². The number of aromatic nitrogens is 2. The minimum atomic E-state index is 0.338. The first-order valence-electron chi connectivity index (χ1n) is 10.4. The van der Waals surface area contributed by atoms with E-state index in [1.165, 1.54) is 25.7 Å². The number of hydrogen-bond acceptors (Lipinski definition) is 3. The molecule has 6 heteroatoms. The van der Waals surface area contributed by atoms with Crippen LogP contribution in [0.5, 0.6) is 0 Å². The molecule has 28 heavy (non-hydrogen) atoms. The van der Waals surface area contributed by atoms with Crippen LogP contribution in [0, 0.1) is 5.41 Å². The van der Waals surface area contributed by atoms with Crippen molar-refractivity contribution >= 4 is 5.96 Å². The molecule has 0 aliphatic heterocycles. The summed E-state index contributed by atoms with van der Waals surface area (Å²) in [6.07, 6.45) is 10.2. The Labute approximate surface area is 168 Å². The molecule has 0 radical (unpaired) electrons. The number of aliphatic imine (C=N–C) groups is 1. The van der Waals surface area contributed by atoms with Gasteiger partial charge in [-0.3, -0.25) is 4.99 Å². The molecule has 1 aromatic heterocycles. The Morgan fingerprint density at radius 2 is 2.00 bits per heavy atom. The zero-order chi connectivity index (χ0) is 19.7. The summed E-state index contributed by atoms with van der Waals surface area (Å²) in [5.41, 5.74) is 2.53. The second-order valence-corrected chi connectivity index (χ2v) is 7.56. The lowest BCUT2D eigenvalue weighted by molar-refractivity contribution is 0.105. The van der Waals surface area contributed by atoms with Crippen molar-refractivity contribution in [2.75, 3.05) is 26.8 Å². The molecule has 1 aliphatic carbocycles. The lowest BCUT2D eigenvalue weighted by Gasteiger charge is -2.30. The minimum absolute atomic E-state index is 0.338. The molecule has 3 rings (SSSR count).